The fraction of sp³-hybridized carbons (Fsp3) is 0.500. The van der Waals surface area contributed by atoms with Gasteiger partial charge in [-0.25, -0.2) is 4.39 Å². The van der Waals surface area contributed by atoms with Crippen LogP contribution in [0, 0.1) is 0 Å². The quantitative estimate of drug-likeness (QED) is 0.691. The average molecular weight is 228 g/mol. The highest BCUT2D eigenvalue weighted by molar-refractivity contribution is 5.13. The molecule has 0 heterocycles. The molecule has 1 aromatic rings. The molecule has 0 amide bonds. The molecule has 90 valence electrons. The predicted molar refractivity (Wildman–Crippen MR) is 58.7 cm³/mol. The summed E-state index contributed by atoms with van der Waals surface area (Å²) < 4.78 is 18.7. The molecule has 0 saturated carbocycles. The number of aliphatic hydroxyl groups excluding tert-OH is 2. The number of aliphatic hydroxyl groups is 2. The van der Waals surface area contributed by atoms with Crippen LogP contribution in [0.2, 0.25) is 0 Å². The first kappa shape index (κ1) is 13.1. The zero-order chi connectivity index (χ0) is 11.9. The molecule has 1 aromatic carbocycles. The van der Waals surface area contributed by atoms with E-state index in [-0.39, 0.29) is 13.0 Å². The van der Waals surface area contributed by atoms with Gasteiger partial charge in [0.05, 0.1) is 26.4 Å². The molecule has 1 rings (SSSR count). The zero-order valence-corrected chi connectivity index (χ0v) is 9.10. The number of ether oxygens (including phenoxy) is 1. The Bertz CT molecular complexity index is 286. The first-order valence-corrected chi connectivity index (χ1v) is 5.22. The Morgan fingerprint density at radius 2 is 1.75 bits per heavy atom. The summed E-state index contributed by atoms with van der Waals surface area (Å²) in [4.78, 5) is 0. The monoisotopic (exact) mass is 228 g/mol. The number of benzene rings is 1. The molecular formula is C12H17FO3. The molecule has 2 N–H and O–H groups in total. The number of rotatable bonds is 7. The SMILES string of the molecule is OCC(F)(CO)CCOCc1ccccc1. The van der Waals surface area contributed by atoms with E-state index in [4.69, 9.17) is 14.9 Å². The molecule has 0 radical (unpaired) electrons. The van der Waals surface area contributed by atoms with Crippen molar-refractivity contribution in [3.8, 4) is 0 Å². The van der Waals surface area contributed by atoms with Crippen molar-refractivity contribution < 1.29 is 19.3 Å². The topological polar surface area (TPSA) is 49.7 Å². The molecule has 0 aromatic heterocycles. The molecule has 0 atom stereocenters. The maximum atomic E-state index is 13.4. The third kappa shape index (κ3) is 4.26. The maximum Gasteiger partial charge on any atom is 0.158 e. The Morgan fingerprint density at radius 3 is 2.31 bits per heavy atom. The molecule has 16 heavy (non-hydrogen) atoms. The lowest BCUT2D eigenvalue weighted by Gasteiger charge is -2.19. The highest BCUT2D eigenvalue weighted by atomic mass is 19.1. The first-order chi connectivity index (χ1) is 7.70. The summed E-state index contributed by atoms with van der Waals surface area (Å²) in [6.45, 7) is -0.781. The largest absolute Gasteiger partial charge is 0.393 e. The van der Waals surface area contributed by atoms with Crippen LogP contribution >= 0.6 is 0 Å². The van der Waals surface area contributed by atoms with Crippen molar-refractivity contribution in [3.63, 3.8) is 0 Å². The Labute approximate surface area is 94.5 Å². The summed E-state index contributed by atoms with van der Waals surface area (Å²) in [6.07, 6.45) is -0.00711. The third-order valence-corrected chi connectivity index (χ3v) is 2.37. The predicted octanol–water partition coefficient (Wildman–Crippen LogP) is 1.29. The van der Waals surface area contributed by atoms with Gasteiger partial charge in [-0.2, -0.15) is 0 Å². The van der Waals surface area contributed by atoms with Crippen LogP contribution in [0.1, 0.15) is 12.0 Å². The van der Waals surface area contributed by atoms with Crippen LogP contribution in [-0.4, -0.2) is 35.7 Å². The smallest absolute Gasteiger partial charge is 0.158 e. The van der Waals surface area contributed by atoms with Gasteiger partial charge < -0.3 is 14.9 Å². The number of hydrogen-bond donors (Lipinski definition) is 2. The van der Waals surface area contributed by atoms with E-state index >= 15 is 0 Å². The fourth-order valence-electron chi connectivity index (χ4n) is 1.23. The molecule has 0 unspecified atom stereocenters. The van der Waals surface area contributed by atoms with Crippen LogP contribution in [-0.2, 0) is 11.3 Å². The van der Waals surface area contributed by atoms with Gasteiger partial charge in [0.1, 0.15) is 0 Å². The number of alkyl halides is 1. The Hall–Kier alpha value is -0.970. The molecule has 0 saturated heterocycles. The van der Waals surface area contributed by atoms with Crippen molar-refractivity contribution in [2.45, 2.75) is 18.7 Å². The fourth-order valence-corrected chi connectivity index (χ4v) is 1.23. The van der Waals surface area contributed by atoms with Gasteiger partial charge in [-0.05, 0) is 5.56 Å². The van der Waals surface area contributed by atoms with Crippen molar-refractivity contribution in [2.24, 2.45) is 0 Å². The van der Waals surface area contributed by atoms with Crippen LogP contribution in [0.15, 0.2) is 30.3 Å². The van der Waals surface area contributed by atoms with Gasteiger partial charge in [0.25, 0.3) is 0 Å². The number of halogens is 1. The van der Waals surface area contributed by atoms with Crippen LogP contribution in [0.4, 0.5) is 4.39 Å². The first-order valence-electron chi connectivity index (χ1n) is 5.22. The molecule has 4 heteroatoms. The van der Waals surface area contributed by atoms with Crippen molar-refractivity contribution in [1.29, 1.82) is 0 Å². The van der Waals surface area contributed by atoms with Crippen molar-refractivity contribution in [1.82, 2.24) is 0 Å². The molecule has 0 spiro atoms. The lowest BCUT2D eigenvalue weighted by atomic mass is 10.1. The van der Waals surface area contributed by atoms with E-state index in [1.54, 1.807) is 0 Å². The Morgan fingerprint density at radius 1 is 1.12 bits per heavy atom. The molecule has 0 fully saturated rings. The summed E-state index contributed by atoms with van der Waals surface area (Å²) >= 11 is 0. The summed E-state index contributed by atoms with van der Waals surface area (Å²) in [5.41, 5.74) is -0.920. The summed E-state index contributed by atoms with van der Waals surface area (Å²) in [6, 6.07) is 9.55. The van der Waals surface area contributed by atoms with Gasteiger partial charge in [-0.3, -0.25) is 0 Å². The van der Waals surface area contributed by atoms with Crippen LogP contribution in [0.25, 0.3) is 0 Å². The van der Waals surface area contributed by atoms with Crippen LogP contribution in [0.5, 0.6) is 0 Å². The lowest BCUT2D eigenvalue weighted by Crippen LogP contribution is -2.33. The van der Waals surface area contributed by atoms with E-state index in [1.165, 1.54) is 0 Å². The molecular weight excluding hydrogens is 211 g/mol. The third-order valence-electron chi connectivity index (χ3n) is 2.37. The van der Waals surface area contributed by atoms with E-state index in [0.717, 1.165) is 5.56 Å². The second-order valence-electron chi connectivity index (χ2n) is 3.76. The Balaban J connectivity index is 2.22. The van der Waals surface area contributed by atoms with E-state index in [0.29, 0.717) is 6.61 Å². The van der Waals surface area contributed by atoms with E-state index in [2.05, 4.69) is 0 Å². The molecule has 0 aliphatic heterocycles. The van der Waals surface area contributed by atoms with Gasteiger partial charge in [-0.1, -0.05) is 30.3 Å². The van der Waals surface area contributed by atoms with Crippen molar-refractivity contribution >= 4 is 0 Å². The standard InChI is InChI=1S/C12H17FO3/c13-12(9-14,10-15)6-7-16-8-11-4-2-1-3-5-11/h1-5,14-15H,6-10H2. The van der Waals surface area contributed by atoms with Gasteiger partial charge in [-0.15, -0.1) is 0 Å². The van der Waals surface area contributed by atoms with Crippen molar-refractivity contribution in [2.75, 3.05) is 19.8 Å². The summed E-state index contributed by atoms with van der Waals surface area (Å²) in [5, 5.41) is 17.4. The average Bonchev–Trinajstić information content (AvgIpc) is 2.36. The minimum absolute atomic E-state index is 0.00711. The van der Waals surface area contributed by atoms with E-state index < -0.39 is 18.9 Å². The highest BCUT2D eigenvalue weighted by Gasteiger charge is 2.27. The van der Waals surface area contributed by atoms with E-state index in [9.17, 15) is 4.39 Å². The molecule has 3 nitrogen and oxygen atoms in total. The Kier molecular flexibility index (Phi) is 5.38. The second kappa shape index (κ2) is 6.58. The molecule has 0 aliphatic carbocycles. The normalized spacial score (nSPS) is 11.7. The van der Waals surface area contributed by atoms with Gasteiger partial charge in [0, 0.05) is 6.42 Å². The minimum atomic E-state index is -1.93. The van der Waals surface area contributed by atoms with Gasteiger partial charge in [0.2, 0.25) is 0 Å². The molecule has 0 bridgehead atoms. The van der Waals surface area contributed by atoms with E-state index in [1.807, 2.05) is 30.3 Å². The van der Waals surface area contributed by atoms with Crippen LogP contribution in [0.3, 0.4) is 0 Å². The van der Waals surface area contributed by atoms with Gasteiger partial charge >= 0.3 is 0 Å². The summed E-state index contributed by atoms with van der Waals surface area (Å²) in [5.74, 6) is 0. The number of hydrogen-bond acceptors (Lipinski definition) is 3. The lowest BCUT2D eigenvalue weighted by molar-refractivity contribution is -0.0151. The maximum absolute atomic E-state index is 13.4. The second-order valence-corrected chi connectivity index (χ2v) is 3.76. The molecule has 0 aliphatic rings. The van der Waals surface area contributed by atoms with Crippen molar-refractivity contribution in [3.05, 3.63) is 35.9 Å². The summed E-state index contributed by atoms with van der Waals surface area (Å²) in [7, 11) is 0. The highest BCUT2D eigenvalue weighted by Crippen LogP contribution is 2.14. The zero-order valence-electron chi connectivity index (χ0n) is 9.10. The van der Waals surface area contributed by atoms with Gasteiger partial charge in [0.15, 0.2) is 5.67 Å². The minimum Gasteiger partial charge on any atom is -0.393 e. The van der Waals surface area contributed by atoms with Crippen LogP contribution < -0.4 is 0 Å².